The molecule has 120 valence electrons. The summed E-state index contributed by atoms with van der Waals surface area (Å²) in [5.41, 5.74) is 2.09. The van der Waals surface area contributed by atoms with Crippen LogP contribution in [0, 0.1) is 0 Å². The maximum Gasteiger partial charge on any atom is 0.407 e. The smallest absolute Gasteiger partial charge is 0.407 e. The number of nitrogens with one attached hydrogen (secondary N) is 1. The highest BCUT2D eigenvalue weighted by Gasteiger charge is 2.34. The molecule has 1 aliphatic rings. The van der Waals surface area contributed by atoms with E-state index >= 15 is 0 Å². The van der Waals surface area contributed by atoms with Crippen LogP contribution in [0.4, 0.5) is 4.79 Å². The summed E-state index contributed by atoms with van der Waals surface area (Å²) in [5, 5.41) is 3.00. The van der Waals surface area contributed by atoms with Gasteiger partial charge in [-0.05, 0) is 30.7 Å². The van der Waals surface area contributed by atoms with Gasteiger partial charge < -0.3 is 10.1 Å². The molecule has 1 unspecified atom stereocenters. The summed E-state index contributed by atoms with van der Waals surface area (Å²) in [6, 6.07) is 13.8. The highest BCUT2D eigenvalue weighted by atomic mass is 16.5. The van der Waals surface area contributed by atoms with E-state index in [2.05, 4.69) is 22.2 Å². The van der Waals surface area contributed by atoms with E-state index in [0.29, 0.717) is 0 Å². The molecule has 5 heteroatoms. The zero-order valence-electron chi connectivity index (χ0n) is 13.2. The van der Waals surface area contributed by atoms with Crippen LogP contribution < -0.4 is 5.32 Å². The van der Waals surface area contributed by atoms with Crippen molar-refractivity contribution in [1.82, 2.24) is 15.2 Å². The number of carbonyl (C=O) groups is 1. The first-order valence-corrected chi connectivity index (χ1v) is 7.81. The number of likely N-dealkylation sites (tertiary alicyclic amines) is 1. The van der Waals surface area contributed by atoms with Crippen LogP contribution in [0.2, 0.25) is 0 Å². The van der Waals surface area contributed by atoms with Crippen molar-refractivity contribution in [3.8, 4) is 0 Å². The topological polar surface area (TPSA) is 54.5 Å². The van der Waals surface area contributed by atoms with E-state index in [1.54, 1.807) is 6.20 Å². The Hall–Kier alpha value is -2.40. The second-order valence-electron chi connectivity index (χ2n) is 5.81. The molecule has 1 saturated heterocycles. The number of alkyl carbamates (subject to hydrolysis) is 1. The number of pyridine rings is 1. The van der Waals surface area contributed by atoms with Crippen LogP contribution in [-0.4, -0.2) is 35.6 Å². The number of aromatic nitrogens is 1. The lowest BCUT2D eigenvalue weighted by atomic mass is 10.0. The molecule has 1 aliphatic heterocycles. The number of benzene rings is 1. The number of carbonyl (C=O) groups excluding carboxylic acids is 1. The third-order valence-electron chi connectivity index (χ3n) is 4.19. The first kappa shape index (κ1) is 15.5. The Morgan fingerprint density at radius 1 is 1.30 bits per heavy atom. The second-order valence-corrected chi connectivity index (χ2v) is 5.81. The van der Waals surface area contributed by atoms with E-state index in [1.165, 1.54) is 0 Å². The Morgan fingerprint density at radius 2 is 2.13 bits per heavy atom. The van der Waals surface area contributed by atoms with Crippen molar-refractivity contribution in [3.05, 3.63) is 66.0 Å². The number of amides is 1. The minimum atomic E-state index is -0.372. The zero-order valence-corrected chi connectivity index (χ0v) is 13.2. The van der Waals surface area contributed by atoms with E-state index in [9.17, 15) is 4.79 Å². The van der Waals surface area contributed by atoms with Crippen LogP contribution in [-0.2, 0) is 11.3 Å². The molecular weight excluding hydrogens is 290 g/mol. The number of rotatable bonds is 4. The molecule has 1 aromatic heterocycles. The van der Waals surface area contributed by atoms with Crippen molar-refractivity contribution in [2.45, 2.75) is 25.1 Å². The summed E-state index contributed by atoms with van der Waals surface area (Å²) >= 11 is 0. The minimum Gasteiger partial charge on any atom is -0.445 e. The lowest BCUT2D eigenvalue weighted by Gasteiger charge is -2.25. The van der Waals surface area contributed by atoms with Crippen molar-refractivity contribution in [1.29, 1.82) is 0 Å². The van der Waals surface area contributed by atoms with E-state index in [0.717, 1.165) is 24.1 Å². The molecule has 2 heterocycles. The molecule has 1 fully saturated rings. The highest BCUT2D eigenvalue weighted by molar-refractivity contribution is 5.67. The van der Waals surface area contributed by atoms with Gasteiger partial charge in [0.2, 0.25) is 0 Å². The number of hydrogen-bond acceptors (Lipinski definition) is 4. The number of nitrogens with zero attached hydrogens (tertiary/aromatic N) is 2. The van der Waals surface area contributed by atoms with Crippen LogP contribution in [0.15, 0.2) is 54.9 Å². The van der Waals surface area contributed by atoms with Gasteiger partial charge in [0.05, 0.1) is 12.1 Å². The third-order valence-corrected chi connectivity index (χ3v) is 4.19. The molecule has 5 nitrogen and oxygen atoms in total. The molecule has 3 rings (SSSR count). The van der Waals surface area contributed by atoms with Gasteiger partial charge >= 0.3 is 6.09 Å². The number of ether oxygens (including phenoxy) is 1. The summed E-state index contributed by atoms with van der Waals surface area (Å²) in [7, 11) is 2.06. The molecule has 23 heavy (non-hydrogen) atoms. The maximum absolute atomic E-state index is 12.1. The van der Waals surface area contributed by atoms with Gasteiger partial charge in [-0.1, -0.05) is 36.4 Å². The van der Waals surface area contributed by atoms with E-state index in [1.807, 2.05) is 48.7 Å². The van der Waals surface area contributed by atoms with Crippen molar-refractivity contribution >= 4 is 6.09 Å². The summed E-state index contributed by atoms with van der Waals surface area (Å²) in [6.07, 6.45) is 4.14. The SMILES string of the molecule is CN1CCC(NC(=O)OCc2ccccc2)[C@H]1c1cccnc1. The van der Waals surface area contributed by atoms with Crippen LogP contribution in [0.3, 0.4) is 0 Å². The molecule has 1 amide bonds. The maximum atomic E-state index is 12.1. The summed E-state index contributed by atoms with van der Waals surface area (Å²) in [6.45, 7) is 1.22. The van der Waals surface area contributed by atoms with Gasteiger partial charge in [-0.3, -0.25) is 9.88 Å². The molecule has 2 aromatic rings. The Balaban J connectivity index is 1.59. The monoisotopic (exact) mass is 311 g/mol. The van der Waals surface area contributed by atoms with Gasteiger partial charge in [0.1, 0.15) is 6.61 Å². The van der Waals surface area contributed by atoms with Crippen molar-refractivity contribution < 1.29 is 9.53 Å². The Morgan fingerprint density at radius 3 is 2.87 bits per heavy atom. The van der Waals surface area contributed by atoms with Gasteiger partial charge in [0, 0.05) is 18.9 Å². The van der Waals surface area contributed by atoms with Crippen LogP contribution in [0.1, 0.15) is 23.6 Å². The molecule has 0 bridgehead atoms. The van der Waals surface area contributed by atoms with Crippen LogP contribution in [0.25, 0.3) is 0 Å². The van der Waals surface area contributed by atoms with Gasteiger partial charge in [-0.15, -0.1) is 0 Å². The first-order valence-electron chi connectivity index (χ1n) is 7.81. The van der Waals surface area contributed by atoms with Gasteiger partial charge in [-0.25, -0.2) is 4.79 Å². The van der Waals surface area contributed by atoms with Crippen molar-refractivity contribution in [2.24, 2.45) is 0 Å². The molecule has 2 atom stereocenters. The van der Waals surface area contributed by atoms with Crippen LogP contribution in [0.5, 0.6) is 0 Å². The predicted molar refractivity (Wildman–Crippen MR) is 87.8 cm³/mol. The van der Waals surface area contributed by atoms with Gasteiger partial charge in [0.25, 0.3) is 0 Å². The predicted octanol–water partition coefficient (Wildman–Crippen LogP) is 2.75. The Labute approximate surface area is 136 Å². The highest BCUT2D eigenvalue weighted by Crippen LogP contribution is 2.30. The zero-order chi connectivity index (χ0) is 16.1. The van der Waals surface area contributed by atoms with E-state index in [-0.39, 0.29) is 24.8 Å². The molecule has 1 aromatic carbocycles. The Kier molecular flexibility index (Phi) is 4.88. The number of likely N-dealkylation sites (N-methyl/N-ethyl adjacent to an activating group) is 1. The second kappa shape index (κ2) is 7.24. The van der Waals surface area contributed by atoms with E-state index < -0.39 is 0 Å². The standard InChI is InChI=1S/C18H21N3O2/c1-21-11-9-16(17(21)15-8-5-10-19-12-15)20-18(22)23-13-14-6-3-2-4-7-14/h2-8,10,12,16-17H,9,11,13H2,1H3,(H,20,22)/t16?,17-/m1/s1. The fraction of sp³-hybridized carbons (Fsp3) is 0.333. The fourth-order valence-electron chi connectivity index (χ4n) is 3.05. The average molecular weight is 311 g/mol. The average Bonchev–Trinajstić information content (AvgIpc) is 2.95. The molecule has 0 saturated carbocycles. The van der Waals surface area contributed by atoms with Crippen LogP contribution >= 0.6 is 0 Å². The lowest BCUT2D eigenvalue weighted by Crippen LogP contribution is -2.39. The van der Waals surface area contributed by atoms with E-state index in [4.69, 9.17) is 4.74 Å². The molecule has 0 spiro atoms. The Bertz CT molecular complexity index is 633. The summed E-state index contributed by atoms with van der Waals surface area (Å²) in [4.78, 5) is 18.5. The molecular formula is C18H21N3O2. The minimum absolute atomic E-state index is 0.0347. The molecule has 1 N–H and O–H groups in total. The van der Waals surface area contributed by atoms with Crippen molar-refractivity contribution in [2.75, 3.05) is 13.6 Å². The summed E-state index contributed by atoms with van der Waals surface area (Å²) in [5.74, 6) is 0. The van der Waals surface area contributed by atoms with Gasteiger partial charge in [-0.2, -0.15) is 0 Å². The van der Waals surface area contributed by atoms with Gasteiger partial charge in [0.15, 0.2) is 0 Å². The third kappa shape index (κ3) is 3.87. The number of hydrogen-bond donors (Lipinski definition) is 1. The molecule has 0 aliphatic carbocycles. The molecule has 0 radical (unpaired) electrons. The summed E-state index contributed by atoms with van der Waals surface area (Å²) < 4.78 is 5.33. The quantitative estimate of drug-likeness (QED) is 0.943. The van der Waals surface area contributed by atoms with Crippen molar-refractivity contribution in [3.63, 3.8) is 0 Å². The first-order chi connectivity index (χ1) is 11.2. The normalized spacial score (nSPS) is 21.1. The largest absolute Gasteiger partial charge is 0.445 e. The lowest BCUT2D eigenvalue weighted by molar-refractivity contribution is 0.133. The fourth-order valence-corrected chi connectivity index (χ4v) is 3.05.